The van der Waals surface area contributed by atoms with Crippen LogP contribution >= 0.6 is 23.2 Å². The molecule has 17 heteroatoms. The summed E-state index contributed by atoms with van der Waals surface area (Å²) in [6.07, 6.45) is -6.61. The Morgan fingerprint density at radius 3 is 1.79 bits per heavy atom. The second-order valence-electron chi connectivity index (χ2n) is 5.95. The quantitative estimate of drug-likeness (QED) is 0.366. The number of alkyl halides is 9. The molecule has 1 aromatic rings. The molecule has 3 N–H and O–H groups in total. The maximum atomic E-state index is 12.1. The highest BCUT2D eigenvalue weighted by Crippen LogP contribution is 2.53. The number of halogens is 11. The molecule has 0 radical (unpaired) electrons. The van der Waals surface area contributed by atoms with Crippen LogP contribution in [0, 0.1) is 0 Å². The Morgan fingerprint density at radius 1 is 0.848 bits per heavy atom. The molecule has 1 amide bonds. The highest BCUT2D eigenvalue weighted by atomic mass is 35.5. The van der Waals surface area contributed by atoms with E-state index in [1.165, 1.54) is 0 Å². The molecule has 33 heavy (non-hydrogen) atoms. The molecule has 0 aliphatic rings. The number of carboxylic acid groups (broad SMARTS) is 2. The van der Waals surface area contributed by atoms with Gasteiger partial charge in [0.2, 0.25) is 5.91 Å². The van der Waals surface area contributed by atoms with E-state index in [1.807, 2.05) is 0 Å². The Bertz CT molecular complexity index is 878. The zero-order valence-electron chi connectivity index (χ0n) is 15.6. The first-order chi connectivity index (χ1) is 14.7. The van der Waals surface area contributed by atoms with Crippen LogP contribution in [0.1, 0.15) is 19.3 Å². The van der Waals surface area contributed by atoms with E-state index >= 15 is 0 Å². The molecule has 0 bridgehead atoms. The average Bonchev–Trinajstić information content (AvgIpc) is 2.63. The van der Waals surface area contributed by atoms with Gasteiger partial charge in [0.05, 0.1) is 10.7 Å². The number of carbonyl (C=O) groups excluding carboxylic acids is 1. The van der Waals surface area contributed by atoms with Crippen LogP contribution in [0.15, 0.2) is 18.2 Å². The molecule has 188 valence electrons. The van der Waals surface area contributed by atoms with Crippen molar-refractivity contribution in [3.63, 3.8) is 0 Å². The molecule has 0 aromatic heterocycles. The zero-order valence-corrected chi connectivity index (χ0v) is 17.1. The summed E-state index contributed by atoms with van der Waals surface area (Å²) >= 11 is 11.6. The Kier molecular flexibility index (Phi) is 10.3. The number of rotatable bonds is 8. The molecular weight excluding hydrogens is 528 g/mol. The number of benzene rings is 1. The number of hydrogen-bond acceptors (Lipinski definition) is 3. The molecule has 0 saturated heterocycles. The topological polar surface area (TPSA) is 104 Å². The minimum Gasteiger partial charge on any atom is -0.481 e. The summed E-state index contributed by atoms with van der Waals surface area (Å²) in [5.74, 6) is -25.8. The van der Waals surface area contributed by atoms with Gasteiger partial charge in [-0.25, -0.2) is 4.79 Å². The molecule has 0 saturated carbocycles. The molecule has 1 aromatic carbocycles. The lowest BCUT2D eigenvalue weighted by Crippen LogP contribution is -2.63. The van der Waals surface area contributed by atoms with Gasteiger partial charge in [-0.2, -0.15) is 39.5 Å². The maximum absolute atomic E-state index is 12.1. The van der Waals surface area contributed by atoms with E-state index in [0.29, 0.717) is 22.2 Å². The van der Waals surface area contributed by atoms with Gasteiger partial charge >= 0.3 is 35.9 Å². The Labute approximate surface area is 188 Å². The number of anilines is 1. The SMILES string of the molecule is O=C(O)C(F)(F)C(F)(F)C(F)(F)C(F)(F)F.O=C(O)CCCC(=O)Nc1cc(Cl)ccc1Cl. The van der Waals surface area contributed by atoms with Crippen molar-refractivity contribution in [1.29, 1.82) is 0 Å². The van der Waals surface area contributed by atoms with Crippen molar-refractivity contribution < 1.29 is 64.1 Å². The van der Waals surface area contributed by atoms with Crippen LogP contribution in [0.4, 0.5) is 45.2 Å². The third-order valence-electron chi connectivity index (χ3n) is 3.41. The van der Waals surface area contributed by atoms with Gasteiger partial charge in [-0.15, -0.1) is 0 Å². The van der Waals surface area contributed by atoms with Gasteiger partial charge in [-0.3, -0.25) is 9.59 Å². The van der Waals surface area contributed by atoms with Gasteiger partial charge in [-0.1, -0.05) is 23.2 Å². The molecule has 0 atom stereocenters. The lowest BCUT2D eigenvalue weighted by Gasteiger charge is -2.31. The van der Waals surface area contributed by atoms with E-state index in [4.69, 9.17) is 33.4 Å². The van der Waals surface area contributed by atoms with Crippen LogP contribution in [0.5, 0.6) is 0 Å². The van der Waals surface area contributed by atoms with Gasteiger partial charge < -0.3 is 15.5 Å². The predicted molar refractivity (Wildman–Crippen MR) is 95.1 cm³/mol. The average molecular weight is 540 g/mol. The number of carbonyl (C=O) groups is 3. The number of carboxylic acids is 2. The van der Waals surface area contributed by atoms with Crippen LogP contribution in [0.25, 0.3) is 0 Å². The normalized spacial score (nSPS) is 12.5. The third-order valence-corrected chi connectivity index (χ3v) is 3.97. The van der Waals surface area contributed by atoms with Gasteiger partial charge in [0, 0.05) is 17.9 Å². The van der Waals surface area contributed by atoms with Crippen molar-refractivity contribution in [2.45, 2.75) is 43.2 Å². The fraction of sp³-hybridized carbons (Fsp3) is 0.438. The number of hydrogen-bond donors (Lipinski definition) is 3. The summed E-state index contributed by atoms with van der Waals surface area (Å²) < 4.78 is 106. The monoisotopic (exact) mass is 539 g/mol. The number of nitrogens with one attached hydrogen (secondary N) is 1. The first-order valence-corrected chi connectivity index (χ1v) is 8.84. The minimum atomic E-state index is -7.16. The molecule has 0 spiro atoms. The van der Waals surface area contributed by atoms with Crippen LogP contribution in [-0.4, -0.2) is 52.0 Å². The molecule has 6 nitrogen and oxygen atoms in total. The summed E-state index contributed by atoms with van der Waals surface area (Å²) in [6.45, 7) is 0. The van der Waals surface area contributed by atoms with E-state index < -0.39 is 35.9 Å². The molecule has 0 aliphatic carbocycles. The van der Waals surface area contributed by atoms with Crippen LogP contribution in [0.3, 0.4) is 0 Å². The minimum absolute atomic E-state index is 0.0311. The molecule has 0 aliphatic heterocycles. The van der Waals surface area contributed by atoms with Crippen LogP contribution < -0.4 is 5.32 Å². The smallest absolute Gasteiger partial charge is 0.460 e. The highest BCUT2D eigenvalue weighted by molar-refractivity contribution is 6.35. The van der Waals surface area contributed by atoms with Crippen LogP contribution in [0.2, 0.25) is 10.0 Å². The van der Waals surface area contributed by atoms with Crippen molar-refractivity contribution in [3.8, 4) is 0 Å². The van der Waals surface area contributed by atoms with Crippen LogP contribution in [-0.2, 0) is 14.4 Å². The van der Waals surface area contributed by atoms with Crippen molar-refractivity contribution in [1.82, 2.24) is 0 Å². The lowest BCUT2D eigenvalue weighted by molar-refractivity contribution is -0.390. The zero-order chi connectivity index (χ0) is 26.4. The first-order valence-electron chi connectivity index (χ1n) is 8.08. The summed E-state index contributed by atoms with van der Waals surface area (Å²) in [6, 6.07) is 4.74. The third kappa shape index (κ3) is 7.84. The predicted octanol–water partition coefficient (Wildman–Crippen LogP) is 5.73. The fourth-order valence-corrected chi connectivity index (χ4v) is 2.05. The Balaban J connectivity index is 0.000000622. The summed E-state index contributed by atoms with van der Waals surface area (Å²) in [5, 5.41) is 19.3. The molecule has 1 rings (SSSR count). The van der Waals surface area contributed by atoms with Gasteiger partial charge in [0.25, 0.3) is 0 Å². The van der Waals surface area contributed by atoms with E-state index in [0.717, 1.165) is 0 Å². The number of amides is 1. The van der Waals surface area contributed by atoms with Crippen molar-refractivity contribution in [3.05, 3.63) is 28.2 Å². The largest absolute Gasteiger partial charge is 0.481 e. The van der Waals surface area contributed by atoms with Crippen molar-refractivity contribution in [2.24, 2.45) is 0 Å². The maximum Gasteiger partial charge on any atom is 0.460 e. The van der Waals surface area contributed by atoms with E-state index in [1.54, 1.807) is 18.2 Å². The molecule has 0 unspecified atom stereocenters. The van der Waals surface area contributed by atoms with E-state index in [2.05, 4.69) is 5.32 Å². The lowest BCUT2D eigenvalue weighted by atomic mass is 10.0. The Hall–Kier alpha value is -2.42. The number of aliphatic carboxylic acids is 2. The first kappa shape index (κ1) is 30.6. The standard InChI is InChI=1S/C11H11Cl2NO3.C5HF9O2/c12-7-4-5-8(13)9(6-7)14-10(15)2-1-3-11(16)17;6-2(7,1(15)16)3(8,9)4(10,11)5(12,13)14/h4-6H,1-3H2,(H,14,15)(H,16,17);(H,15,16). The summed E-state index contributed by atoms with van der Waals surface area (Å²) in [4.78, 5) is 31.2. The van der Waals surface area contributed by atoms with Gasteiger partial charge in [0.15, 0.2) is 0 Å². The molecular formula is C16H12Cl2F9NO5. The van der Waals surface area contributed by atoms with Gasteiger partial charge in [-0.05, 0) is 24.6 Å². The molecule has 0 heterocycles. The van der Waals surface area contributed by atoms with Crippen molar-refractivity contribution >= 4 is 46.7 Å². The second-order valence-corrected chi connectivity index (χ2v) is 6.79. The highest BCUT2D eigenvalue weighted by Gasteiger charge is 2.84. The van der Waals surface area contributed by atoms with Crippen molar-refractivity contribution in [2.75, 3.05) is 5.32 Å². The fourth-order valence-electron chi connectivity index (χ4n) is 1.72. The Morgan fingerprint density at radius 2 is 1.36 bits per heavy atom. The molecule has 0 fully saturated rings. The van der Waals surface area contributed by atoms with E-state index in [-0.39, 0.29) is 18.7 Å². The summed E-state index contributed by atoms with van der Waals surface area (Å²) in [5.41, 5.74) is 0.430. The van der Waals surface area contributed by atoms with E-state index in [9.17, 15) is 53.9 Å². The summed E-state index contributed by atoms with van der Waals surface area (Å²) in [7, 11) is 0. The van der Waals surface area contributed by atoms with Gasteiger partial charge in [0.1, 0.15) is 0 Å². The second kappa shape index (κ2) is 11.1.